The molecule has 0 aliphatic rings. The first-order valence-electron chi connectivity index (χ1n) is 11.4. The van der Waals surface area contributed by atoms with Crippen LogP contribution in [0.2, 0.25) is 0 Å². The first-order chi connectivity index (χ1) is 17.6. The van der Waals surface area contributed by atoms with Crippen LogP contribution in [0.5, 0.6) is 0 Å². The number of fused-ring (bicyclic) bond motifs is 1. The minimum Gasteiger partial charge on any atom is -0.338 e. The maximum Gasteiger partial charge on any atom is 0.336 e. The second-order valence-corrected chi connectivity index (χ2v) is 8.42. The van der Waals surface area contributed by atoms with Crippen molar-refractivity contribution in [3.8, 4) is 18.0 Å². The smallest absolute Gasteiger partial charge is 0.336 e. The summed E-state index contributed by atoms with van der Waals surface area (Å²) in [6.45, 7) is 4.56. The lowest BCUT2D eigenvalue weighted by Crippen LogP contribution is -2.41. The normalized spacial score (nSPS) is 10.8. The van der Waals surface area contributed by atoms with Gasteiger partial charge in [0.2, 0.25) is 5.91 Å². The van der Waals surface area contributed by atoms with E-state index in [2.05, 4.69) is 16.6 Å². The molecule has 0 unspecified atom stereocenters. The van der Waals surface area contributed by atoms with Crippen LogP contribution in [0, 0.1) is 25.1 Å². The molecule has 0 radical (unpaired) electrons. The first kappa shape index (κ1) is 25.2. The van der Waals surface area contributed by atoms with Crippen LogP contribution in [0.1, 0.15) is 25.0 Å². The third-order valence-electron chi connectivity index (χ3n) is 6.02. The molecule has 10 heteroatoms. The van der Waals surface area contributed by atoms with E-state index in [1.807, 2.05) is 0 Å². The Morgan fingerprint density at radius 2 is 1.84 bits per heavy atom. The van der Waals surface area contributed by atoms with Crippen LogP contribution < -0.4 is 27.4 Å². The second kappa shape index (κ2) is 9.62. The Balaban J connectivity index is 2.14. The molecule has 2 N–H and O–H groups in total. The quantitative estimate of drug-likeness (QED) is 0.409. The zero-order valence-electron chi connectivity index (χ0n) is 20.7. The van der Waals surface area contributed by atoms with Crippen LogP contribution in [0.15, 0.2) is 56.8 Å². The van der Waals surface area contributed by atoms with Gasteiger partial charge in [-0.3, -0.25) is 28.1 Å². The van der Waals surface area contributed by atoms with Gasteiger partial charge in [0.25, 0.3) is 11.1 Å². The summed E-state index contributed by atoms with van der Waals surface area (Å²) in [5, 5.41) is 5.54. The van der Waals surface area contributed by atoms with Crippen LogP contribution in [-0.2, 0) is 18.4 Å². The standard InChI is InChI=1S/C27H24FN5O4/c1-6-17-11-12-21(20(28)13-17)30-24-22-23(15(3)25(35)31(24)5)33(27(37)32(7-2)26(22)36)19-10-8-9-18(14-19)29-16(4)34/h1,8-14,30H,7H2,2-5H3,(H,29,34). The fraction of sp³-hybridized carbons (Fsp3) is 0.185. The minimum absolute atomic E-state index is 0.00740. The lowest BCUT2D eigenvalue weighted by atomic mass is 10.1. The number of nitrogens with one attached hydrogen (secondary N) is 2. The predicted octanol–water partition coefficient (Wildman–Crippen LogP) is 3.00. The van der Waals surface area contributed by atoms with E-state index in [4.69, 9.17) is 6.42 Å². The Morgan fingerprint density at radius 3 is 2.46 bits per heavy atom. The van der Waals surface area contributed by atoms with Gasteiger partial charge in [0, 0.05) is 37.3 Å². The molecule has 0 fully saturated rings. The molecule has 37 heavy (non-hydrogen) atoms. The lowest BCUT2D eigenvalue weighted by Gasteiger charge is -2.20. The summed E-state index contributed by atoms with van der Waals surface area (Å²) in [7, 11) is 1.45. The molecule has 0 saturated heterocycles. The van der Waals surface area contributed by atoms with E-state index in [-0.39, 0.29) is 40.4 Å². The monoisotopic (exact) mass is 501 g/mol. The SMILES string of the molecule is C#Cc1ccc(Nc2c3c(=O)n(CC)c(=O)n(-c4cccc(NC(C)=O)c4)c3c(C)c(=O)n2C)c(F)c1. The molecule has 9 nitrogen and oxygen atoms in total. The van der Waals surface area contributed by atoms with Gasteiger partial charge in [-0.2, -0.15) is 0 Å². The second-order valence-electron chi connectivity index (χ2n) is 8.42. The molecule has 2 aromatic carbocycles. The molecule has 0 bridgehead atoms. The molecule has 0 saturated carbocycles. The number of pyridine rings is 1. The summed E-state index contributed by atoms with van der Waals surface area (Å²) < 4.78 is 18.3. The lowest BCUT2D eigenvalue weighted by molar-refractivity contribution is -0.114. The number of carbonyl (C=O) groups is 1. The van der Waals surface area contributed by atoms with E-state index in [0.717, 1.165) is 10.6 Å². The molecule has 188 valence electrons. The summed E-state index contributed by atoms with van der Waals surface area (Å²) in [5.74, 6) is 1.38. The molecule has 2 heterocycles. The van der Waals surface area contributed by atoms with Crippen LogP contribution in [0.3, 0.4) is 0 Å². The zero-order valence-corrected chi connectivity index (χ0v) is 20.7. The zero-order chi connectivity index (χ0) is 27.0. The minimum atomic E-state index is -0.677. The number of aryl methyl sites for hydroxylation is 1. The topological polar surface area (TPSA) is 107 Å². The largest absolute Gasteiger partial charge is 0.338 e. The molecular formula is C27H24FN5O4. The number of rotatable bonds is 5. The summed E-state index contributed by atoms with van der Waals surface area (Å²) >= 11 is 0. The van der Waals surface area contributed by atoms with Gasteiger partial charge in [0.1, 0.15) is 17.0 Å². The van der Waals surface area contributed by atoms with Crippen LogP contribution in [-0.4, -0.2) is 19.6 Å². The van der Waals surface area contributed by atoms with Crippen LogP contribution in [0.25, 0.3) is 16.6 Å². The Morgan fingerprint density at radius 1 is 1.11 bits per heavy atom. The Labute approximate surface area is 210 Å². The van der Waals surface area contributed by atoms with Gasteiger partial charge in [0.15, 0.2) is 0 Å². The van der Waals surface area contributed by atoms with Crippen LogP contribution in [0.4, 0.5) is 21.6 Å². The number of terminal acetylenes is 1. The van der Waals surface area contributed by atoms with E-state index < -0.39 is 22.6 Å². The average molecular weight is 502 g/mol. The van der Waals surface area contributed by atoms with Crippen molar-refractivity contribution >= 4 is 34.0 Å². The Kier molecular flexibility index (Phi) is 6.55. The highest BCUT2D eigenvalue weighted by Gasteiger charge is 2.23. The Hall–Kier alpha value is -4.91. The number of carbonyl (C=O) groups excluding carboxylic acids is 1. The molecule has 2 aromatic heterocycles. The van der Waals surface area contributed by atoms with E-state index in [1.165, 1.54) is 42.2 Å². The summed E-state index contributed by atoms with van der Waals surface area (Å²) in [4.78, 5) is 52.0. The number of halogens is 1. The van der Waals surface area contributed by atoms with Crippen molar-refractivity contribution in [2.45, 2.75) is 27.3 Å². The van der Waals surface area contributed by atoms with Gasteiger partial charge in [-0.15, -0.1) is 6.42 Å². The number of amides is 1. The van der Waals surface area contributed by atoms with Crippen molar-refractivity contribution in [3.63, 3.8) is 0 Å². The highest BCUT2D eigenvalue weighted by molar-refractivity contribution is 5.94. The summed E-state index contributed by atoms with van der Waals surface area (Å²) in [6.07, 6.45) is 5.35. The fourth-order valence-electron chi connectivity index (χ4n) is 4.27. The maximum absolute atomic E-state index is 14.8. The van der Waals surface area contributed by atoms with E-state index in [9.17, 15) is 23.6 Å². The number of benzene rings is 2. The number of nitrogens with zero attached hydrogens (tertiary/aromatic N) is 3. The highest BCUT2D eigenvalue weighted by atomic mass is 19.1. The molecule has 1 amide bonds. The number of anilines is 3. The van der Waals surface area contributed by atoms with Gasteiger partial charge in [-0.1, -0.05) is 12.0 Å². The van der Waals surface area contributed by atoms with E-state index in [1.54, 1.807) is 31.2 Å². The van der Waals surface area contributed by atoms with Crippen molar-refractivity contribution in [2.75, 3.05) is 10.6 Å². The number of aromatic nitrogens is 3. The van der Waals surface area contributed by atoms with Crippen molar-refractivity contribution in [1.82, 2.24) is 13.7 Å². The predicted molar refractivity (Wildman–Crippen MR) is 141 cm³/mol. The number of hydrogen-bond donors (Lipinski definition) is 2. The molecule has 0 atom stereocenters. The number of hydrogen-bond acceptors (Lipinski definition) is 5. The van der Waals surface area contributed by atoms with Crippen LogP contribution >= 0.6 is 0 Å². The third-order valence-corrected chi connectivity index (χ3v) is 6.02. The molecule has 0 aliphatic carbocycles. The van der Waals surface area contributed by atoms with Crippen molar-refractivity contribution in [1.29, 1.82) is 0 Å². The van der Waals surface area contributed by atoms with Crippen molar-refractivity contribution < 1.29 is 9.18 Å². The third kappa shape index (κ3) is 4.31. The van der Waals surface area contributed by atoms with Gasteiger partial charge >= 0.3 is 5.69 Å². The summed E-state index contributed by atoms with van der Waals surface area (Å²) in [5.41, 5.74) is -0.496. The molecule has 4 rings (SSSR count). The van der Waals surface area contributed by atoms with Crippen molar-refractivity contribution in [2.24, 2.45) is 7.05 Å². The van der Waals surface area contributed by atoms with Gasteiger partial charge in [-0.05, 0) is 50.2 Å². The molecule has 0 aliphatic heterocycles. The Bertz CT molecular complexity index is 1810. The van der Waals surface area contributed by atoms with Crippen molar-refractivity contribution in [3.05, 3.63) is 90.6 Å². The first-order valence-corrected chi connectivity index (χ1v) is 11.4. The van der Waals surface area contributed by atoms with E-state index in [0.29, 0.717) is 16.9 Å². The highest BCUT2D eigenvalue weighted by Crippen LogP contribution is 2.27. The maximum atomic E-state index is 14.8. The molecular weight excluding hydrogens is 477 g/mol. The van der Waals surface area contributed by atoms with Gasteiger partial charge in [-0.25, -0.2) is 9.18 Å². The molecule has 0 spiro atoms. The summed E-state index contributed by atoms with van der Waals surface area (Å²) in [6, 6.07) is 10.6. The molecule has 4 aromatic rings. The van der Waals surface area contributed by atoms with Gasteiger partial charge < -0.3 is 10.6 Å². The fourth-order valence-corrected chi connectivity index (χ4v) is 4.27. The van der Waals surface area contributed by atoms with E-state index >= 15 is 0 Å². The van der Waals surface area contributed by atoms with Gasteiger partial charge in [0.05, 0.1) is 16.9 Å². The average Bonchev–Trinajstić information content (AvgIpc) is 2.86.